The molecule has 0 aliphatic carbocycles. The van der Waals surface area contributed by atoms with Gasteiger partial charge in [0.05, 0.1) is 0 Å². The van der Waals surface area contributed by atoms with E-state index in [1.807, 2.05) is 6.92 Å². The summed E-state index contributed by atoms with van der Waals surface area (Å²) in [4.78, 5) is 0. The average molecular weight is 155 g/mol. The summed E-state index contributed by atoms with van der Waals surface area (Å²) in [5.41, 5.74) is 5.53. The number of fused-ring (bicyclic) bond motifs is 1. The minimum Gasteiger partial charge on any atom is -0.448 e. The molecule has 1 aromatic heterocycles. The van der Waals surface area contributed by atoms with E-state index < -0.39 is 0 Å². The monoisotopic (exact) mass is 155 g/mol. The van der Waals surface area contributed by atoms with Crippen molar-refractivity contribution in [3.63, 3.8) is 0 Å². The molecule has 0 radical (unpaired) electrons. The van der Waals surface area contributed by atoms with Gasteiger partial charge in [0.25, 0.3) is 5.88 Å². The molecule has 1 aromatic rings. The molecule has 0 unspecified atom stereocenters. The van der Waals surface area contributed by atoms with Crippen LogP contribution in [-0.4, -0.2) is 16.6 Å². The number of nitrogens with zero attached hydrogens (tertiary/aromatic N) is 2. The maximum atomic E-state index is 5.53. The maximum Gasteiger partial charge on any atom is 0.261 e. The molecule has 0 aromatic carbocycles. The van der Waals surface area contributed by atoms with E-state index in [2.05, 4.69) is 5.10 Å². The van der Waals surface area contributed by atoms with Crippen molar-refractivity contribution in [2.75, 3.05) is 12.5 Å². The molecule has 11 heavy (non-hydrogen) atoms. The molecular formula is C6H9N3O2. The second kappa shape index (κ2) is 2.05. The first-order valence-electron chi connectivity index (χ1n) is 3.44. The van der Waals surface area contributed by atoms with Crippen LogP contribution in [0.25, 0.3) is 0 Å². The molecule has 0 amide bonds. The first-order chi connectivity index (χ1) is 5.33. The number of rotatable bonds is 1. The van der Waals surface area contributed by atoms with Crippen LogP contribution in [0.15, 0.2) is 0 Å². The van der Waals surface area contributed by atoms with E-state index in [1.54, 1.807) is 4.68 Å². The smallest absolute Gasteiger partial charge is 0.261 e. The molecule has 60 valence electrons. The topological polar surface area (TPSA) is 62.3 Å². The fourth-order valence-corrected chi connectivity index (χ4v) is 1.08. The molecule has 0 saturated heterocycles. The number of aromatic nitrogens is 2. The summed E-state index contributed by atoms with van der Waals surface area (Å²) >= 11 is 0. The highest BCUT2D eigenvalue weighted by molar-refractivity contribution is 5.54. The van der Waals surface area contributed by atoms with Gasteiger partial charge in [0.2, 0.25) is 12.5 Å². The molecular weight excluding hydrogens is 146 g/mol. The van der Waals surface area contributed by atoms with E-state index in [-0.39, 0.29) is 6.79 Å². The summed E-state index contributed by atoms with van der Waals surface area (Å²) in [7, 11) is 0. The van der Waals surface area contributed by atoms with E-state index in [9.17, 15) is 0 Å². The highest BCUT2D eigenvalue weighted by Crippen LogP contribution is 2.36. The van der Waals surface area contributed by atoms with Crippen molar-refractivity contribution in [1.82, 2.24) is 9.78 Å². The predicted octanol–water partition coefficient (Wildman–Crippen LogP) is 0.214. The molecule has 0 fully saturated rings. The molecule has 2 heterocycles. The van der Waals surface area contributed by atoms with E-state index in [0.29, 0.717) is 17.4 Å². The number of hydrogen-bond acceptors (Lipinski definition) is 4. The normalized spacial score (nSPS) is 13.9. The lowest BCUT2D eigenvalue weighted by atomic mass is 10.5. The molecule has 0 saturated carbocycles. The largest absolute Gasteiger partial charge is 0.448 e. The number of nitrogens with two attached hydrogens (primary N) is 1. The van der Waals surface area contributed by atoms with E-state index >= 15 is 0 Å². The molecule has 0 spiro atoms. The quantitative estimate of drug-likeness (QED) is 0.629. The van der Waals surface area contributed by atoms with Gasteiger partial charge in [-0.05, 0) is 6.92 Å². The van der Waals surface area contributed by atoms with E-state index in [0.717, 1.165) is 6.54 Å². The van der Waals surface area contributed by atoms with E-state index in [1.165, 1.54) is 0 Å². The highest BCUT2D eigenvalue weighted by atomic mass is 16.7. The predicted molar refractivity (Wildman–Crippen MR) is 38.4 cm³/mol. The summed E-state index contributed by atoms with van der Waals surface area (Å²) in [5, 5.41) is 4.00. The van der Waals surface area contributed by atoms with Crippen LogP contribution in [0, 0.1) is 0 Å². The van der Waals surface area contributed by atoms with Crippen LogP contribution in [0.5, 0.6) is 11.6 Å². The Labute approximate surface area is 63.7 Å². The Morgan fingerprint density at radius 2 is 2.45 bits per heavy atom. The van der Waals surface area contributed by atoms with Crippen molar-refractivity contribution >= 4 is 5.82 Å². The third-order valence-electron chi connectivity index (χ3n) is 1.59. The number of aryl methyl sites for hydroxylation is 1. The fraction of sp³-hybridized carbons (Fsp3) is 0.500. The van der Waals surface area contributed by atoms with Gasteiger partial charge in [0.1, 0.15) is 0 Å². The Morgan fingerprint density at radius 3 is 3.18 bits per heavy atom. The number of hydrogen-bond donors (Lipinski definition) is 1. The zero-order valence-corrected chi connectivity index (χ0v) is 6.20. The number of nitrogen functional groups attached to an aromatic ring is 1. The van der Waals surface area contributed by atoms with Crippen LogP contribution < -0.4 is 15.2 Å². The fourth-order valence-electron chi connectivity index (χ4n) is 1.08. The summed E-state index contributed by atoms with van der Waals surface area (Å²) in [6, 6.07) is 0. The van der Waals surface area contributed by atoms with Crippen LogP contribution >= 0.6 is 0 Å². The lowest BCUT2D eigenvalue weighted by molar-refractivity contribution is 0.163. The van der Waals surface area contributed by atoms with Crippen LogP contribution in [0.4, 0.5) is 5.82 Å². The first-order valence-corrected chi connectivity index (χ1v) is 3.44. The summed E-state index contributed by atoms with van der Waals surface area (Å²) < 4.78 is 11.9. The zero-order chi connectivity index (χ0) is 7.84. The van der Waals surface area contributed by atoms with Gasteiger partial charge in [-0.25, -0.2) is 4.68 Å². The Balaban J connectivity index is 2.52. The molecule has 5 nitrogen and oxygen atoms in total. The van der Waals surface area contributed by atoms with Crippen molar-refractivity contribution in [2.45, 2.75) is 13.5 Å². The van der Waals surface area contributed by atoms with Crippen molar-refractivity contribution in [3.8, 4) is 11.6 Å². The zero-order valence-electron chi connectivity index (χ0n) is 6.20. The van der Waals surface area contributed by atoms with Gasteiger partial charge in [-0.2, -0.15) is 0 Å². The van der Waals surface area contributed by atoms with Gasteiger partial charge < -0.3 is 15.2 Å². The van der Waals surface area contributed by atoms with Crippen LogP contribution in [0.1, 0.15) is 6.92 Å². The molecule has 0 atom stereocenters. The van der Waals surface area contributed by atoms with Crippen molar-refractivity contribution in [3.05, 3.63) is 0 Å². The third-order valence-corrected chi connectivity index (χ3v) is 1.59. The lowest BCUT2D eigenvalue weighted by Gasteiger charge is -1.97. The molecule has 2 rings (SSSR count). The highest BCUT2D eigenvalue weighted by Gasteiger charge is 2.23. The van der Waals surface area contributed by atoms with Gasteiger partial charge in [-0.1, -0.05) is 0 Å². The van der Waals surface area contributed by atoms with Gasteiger partial charge in [-0.3, -0.25) is 0 Å². The first kappa shape index (κ1) is 6.33. The lowest BCUT2D eigenvalue weighted by Crippen LogP contribution is -2.04. The summed E-state index contributed by atoms with van der Waals surface area (Å²) in [5.74, 6) is 1.62. The van der Waals surface area contributed by atoms with Crippen molar-refractivity contribution < 1.29 is 9.47 Å². The molecule has 1 aliphatic rings. The van der Waals surface area contributed by atoms with Crippen molar-refractivity contribution in [1.29, 1.82) is 0 Å². The molecule has 5 heteroatoms. The van der Waals surface area contributed by atoms with Gasteiger partial charge >= 0.3 is 0 Å². The van der Waals surface area contributed by atoms with Gasteiger partial charge in [-0.15, -0.1) is 5.10 Å². The van der Waals surface area contributed by atoms with Crippen LogP contribution in [0.2, 0.25) is 0 Å². The Bertz CT molecular complexity index is 282. The van der Waals surface area contributed by atoms with Crippen LogP contribution in [-0.2, 0) is 6.54 Å². The third kappa shape index (κ3) is 0.736. The number of anilines is 1. The standard InChI is InChI=1S/C6H9N3O2/c1-2-9-6-4(5(7)8-9)10-3-11-6/h2-3H2,1H3,(H2,7,8). The SMILES string of the molecule is CCn1nc(N)c2c1OCO2. The Hall–Kier alpha value is -1.39. The summed E-state index contributed by atoms with van der Waals surface area (Å²) in [6.45, 7) is 2.95. The second-order valence-corrected chi connectivity index (χ2v) is 2.24. The van der Waals surface area contributed by atoms with Crippen LogP contribution in [0.3, 0.4) is 0 Å². The average Bonchev–Trinajstić information content (AvgIpc) is 2.54. The van der Waals surface area contributed by atoms with Gasteiger partial charge in [0.15, 0.2) is 5.82 Å². The molecule has 1 aliphatic heterocycles. The Kier molecular flexibility index (Phi) is 1.18. The maximum absolute atomic E-state index is 5.53. The second-order valence-electron chi connectivity index (χ2n) is 2.24. The van der Waals surface area contributed by atoms with Gasteiger partial charge in [0, 0.05) is 6.54 Å². The minimum absolute atomic E-state index is 0.247. The van der Waals surface area contributed by atoms with E-state index in [4.69, 9.17) is 15.2 Å². The summed E-state index contributed by atoms with van der Waals surface area (Å²) in [6.07, 6.45) is 0. The minimum atomic E-state index is 0.247. The number of ether oxygens (including phenoxy) is 2. The molecule has 2 N–H and O–H groups in total. The molecule has 0 bridgehead atoms. The Morgan fingerprint density at radius 1 is 1.64 bits per heavy atom. The van der Waals surface area contributed by atoms with Crippen molar-refractivity contribution in [2.24, 2.45) is 0 Å².